The summed E-state index contributed by atoms with van der Waals surface area (Å²) in [5, 5.41) is 9.51. The van der Waals surface area contributed by atoms with Crippen molar-refractivity contribution >= 4 is 0 Å². The van der Waals surface area contributed by atoms with Gasteiger partial charge in [0.25, 0.3) is 0 Å². The van der Waals surface area contributed by atoms with Crippen molar-refractivity contribution in [2.75, 3.05) is 26.4 Å². The Morgan fingerprint density at radius 3 is 3.00 bits per heavy atom. The van der Waals surface area contributed by atoms with Gasteiger partial charge in [0.15, 0.2) is 0 Å². The molecule has 1 heterocycles. The molecule has 78 valence electrons. The molecular weight excluding hydrogens is 170 g/mol. The molecule has 1 fully saturated rings. The van der Waals surface area contributed by atoms with Crippen molar-refractivity contribution in [3.63, 3.8) is 0 Å². The van der Waals surface area contributed by atoms with Gasteiger partial charge in [0.2, 0.25) is 0 Å². The van der Waals surface area contributed by atoms with Gasteiger partial charge in [-0.3, -0.25) is 0 Å². The molecule has 4 nitrogen and oxygen atoms in total. The van der Waals surface area contributed by atoms with Gasteiger partial charge in [-0.2, -0.15) is 0 Å². The molecule has 2 unspecified atom stereocenters. The van der Waals surface area contributed by atoms with Crippen molar-refractivity contribution in [1.29, 1.82) is 0 Å². The average molecular weight is 189 g/mol. The molecule has 1 rings (SSSR count). The van der Waals surface area contributed by atoms with E-state index in [4.69, 9.17) is 15.2 Å². The zero-order valence-corrected chi connectivity index (χ0v) is 8.16. The highest BCUT2D eigenvalue weighted by Crippen LogP contribution is 2.12. The molecule has 0 spiro atoms. The van der Waals surface area contributed by atoms with E-state index in [1.54, 1.807) is 6.92 Å². The highest BCUT2D eigenvalue weighted by Gasteiger charge is 2.20. The SMILES string of the molecule is CC(O)(CN)COCC1CCCO1. The molecule has 0 bridgehead atoms. The monoisotopic (exact) mass is 189 g/mol. The van der Waals surface area contributed by atoms with Gasteiger partial charge in [0.1, 0.15) is 0 Å². The minimum Gasteiger partial charge on any atom is -0.386 e. The number of hydrogen-bond donors (Lipinski definition) is 2. The second-order valence-corrected chi connectivity index (χ2v) is 3.85. The fourth-order valence-electron chi connectivity index (χ4n) is 1.24. The van der Waals surface area contributed by atoms with Crippen LogP contribution in [0.3, 0.4) is 0 Å². The molecule has 3 N–H and O–H groups in total. The lowest BCUT2D eigenvalue weighted by molar-refractivity contribution is -0.0548. The Balaban J connectivity index is 2.06. The molecule has 0 aliphatic carbocycles. The van der Waals surface area contributed by atoms with Gasteiger partial charge in [-0.25, -0.2) is 0 Å². The van der Waals surface area contributed by atoms with Crippen molar-refractivity contribution in [3.05, 3.63) is 0 Å². The topological polar surface area (TPSA) is 64.7 Å². The fraction of sp³-hybridized carbons (Fsp3) is 1.00. The minimum absolute atomic E-state index is 0.216. The molecule has 13 heavy (non-hydrogen) atoms. The molecule has 0 saturated carbocycles. The highest BCUT2D eigenvalue weighted by atomic mass is 16.5. The fourth-order valence-corrected chi connectivity index (χ4v) is 1.24. The number of rotatable bonds is 5. The zero-order valence-electron chi connectivity index (χ0n) is 8.16. The van der Waals surface area contributed by atoms with Crippen LogP contribution in [0.25, 0.3) is 0 Å². The van der Waals surface area contributed by atoms with Crippen LogP contribution < -0.4 is 5.73 Å². The van der Waals surface area contributed by atoms with Crippen LogP contribution in [0.4, 0.5) is 0 Å². The van der Waals surface area contributed by atoms with Crippen molar-refractivity contribution in [3.8, 4) is 0 Å². The van der Waals surface area contributed by atoms with Gasteiger partial charge in [0.05, 0.1) is 24.9 Å². The first-order chi connectivity index (χ1) is 6.14. The van der Waals surface area contributed by atoms with Crippen LogP contribution in [0.15, 0.2) is 0 Å². The number of aliphatic hydroxyl groups is 1. The lowest BCUT2D eigenvalue weighted by atomic mass is 10.1. The van der Waals surface area contributed by atoms with Crippen LogP contribution in [0.1, 0.15) is 19.8 Å². The van der Waals surface area contributed by atoms with Gasteiger partial charge in [-0.05, 0) is 19.8 Å². The molecule has 0 radical (unpaired) electrons. The average Bonchev–Trinajstić information content (AvgIpc) is 2.57. The first kappa shape index (κ1) is 10.9. The summed E-state index contributed by atoms with van der Waals surface area (Å²) >= 11 is 0. The lowest BCUT2D eigenvalue weighted by Gasteiger charge is -2.21. The number of hydrogen-bond acceptors (Lipinski definition) is 4. The second-order valence-electron chi connectivity index (χ2n) is 3.85. The third-order valence-corrected chi connectivity index (χ3v) is 2.18. The first-order valence-electron chi connectivity index (χ1n) is 4.76. The van der Waals surface area contributed by atoms with E-state index in [1.807, 2.05) is 0 Å². The zero-order chi connectivity index (χ0) is 9.73. The van der Waals surface area contributed by atoms with Crippen LogP contribution in [0.2, 0.25) is 0 Å². The minimum atomic E-state index is -0.904. The molecule has 0 aromatic heterocycles. The Labute approximate surface area is 79.0 Å². The Kier molecular flexibility index (Phi) is 4.12. The summed E-state index contributed by atoms with van der Waals surface area (Å²) in [7, 11) is 0. The molecule has 1 aliphatic rings. The van der Waals surface area contributed by atoms with Gasteiger partial charge < -0.3 is 20.3 Å². The third-order valence-electron chi connectivity index (χ3n) is 2.18. The molecule has 1 aliphatic heterocycles. The normalized spacial score (nSPS) is 27.5. The Morgan fingerprint density at radius 2 is 2.46 bits per heavy atom. The van der Waals surface area contributed by atoms with Crippen LogP contribution in [-0.4, -0.2) is 43.2 Å². The standard InChI is InChI=1S/C9H19NO3/c1-9(11,6-10)7-12-5-8-3-2-4-13-8/h8,11H,2-7,10H2,1H3. The van der Waals surface area contributed by atoms with Crippen LogP contribution in [-0.2, 0) is 9.47 Å². The number of nitrogens with two attached hydrogens (primary N) is 1. The molecule has 0 aromatic rings. The number of ether oxygens (including phenoxy) is 2. The summed E-state index contributed by atoms with van der Waals surface area (Å²) in [5.41, 5.74) is 4.44. The summed E-state index contributed by atoms with van der Waals surface area (Å²) in [6.07, 6.45) is 2.39. The van der Waals surface area contributed by atoms with E-state index < -0.39 is 5.60 Å². The predicted molar refractivity (Wildman–Crippen MR) is 49.5 cm³/mol. The second kappa shape index (κ2) is 4.91. The maximum absolute atomic E-state index is 9.51. The summed E-state index contributed by atoms with van der Waals surface area (Å²) in [4.78, 5) is 0. The molecule has 0 amide bonds. The Morgan fingerprint density at radius 1 is 1.69 bits per heavy atom. The molecule has 1 saturated heterocycles. The molecular formula is C9H19NO3. The Hall–Kier alpha value is -0.160. The summed E-state index contributed by atoms with van der Waals surface area (Å²) in [5.74, 6) is 0. The third kappa shape index (κ3) is 4.04. The van der Waals surface area contributed by atoms with Crippen molar-refractivity contribution in [2.45, 2.75) is 31.5 Å². The summed E-state index contributed by atoms with van der Waals surface area (Å²) in [6.45, 7) is 3.57. The van der Waals surface area contributed by atoms with E-state index in [9.17, 15) is 5.11 Å². The molecule has 0 aromatic carbocycles. The van der Waals surface area contributed by atoms with E-state index in [0.717, 1.165) is 19.4 Å². The van der Waals surface area contributed by atoms with E-state index in [-0.39, 0.29) is 19.3 Å². The summed E-state index contributed by atoms with van der Waals surface area (Å²) < 4.78 is 10.7. The van der Waals surface area contributed by atoms with Crippen molar-refractivity contribution in [1.82, 2.24) is 0 Å². The smallest absolute Gasteiger partial charge is 0.0973 e. The molecule has 2 atom stereocenters. The maximum Gasteiger partial charge on any atom is 0.0973 e. The van der Waals surface area contributed by atoms with Gasteiger partial charge in [-0.1, -0.05) is 0 Å². The van der Waals surface area contributed by atoms with Crippen molar-refractivity contribution < 1.29 is 14.6 Å². The lowest BCUT2D eigenvalue weighted by Crippen LogP contribution is -2.39. The summed E-state index contributed by atoms with van der Waals surface area (Å²) in [6, 6.07) is 0. The van der Waals surface area contributed by atoms with E-state index in [2.05, 4.69) is 0 Å². The molecule has 4 heteroatoms. The van der Waals surface area contributed by atoms with Crippen LogP contribution in [0, 0.1) is 0 Å². The van der Waals surface area contributed by atoms with Crippen LogP contribution >= 0.6 is 0 Å². The van der Waals surface area contributed by atoms with Gasteiger partial charge in [0, 0.05) is 13.2 Å². The van der Waals surface area contributed by atoms with E-state index in [1.165, 1.54) is 0 Å². The van der Waals surface area contributed by atoms with Gasteiger partial charge >= 0.3 is 0 Å². The maximum atomic E-state index is 9.51. The van der Waals surface area contributed by atoms with E-state index >= 15 is 0 Å². The predicted octanol–water partition coefficient (Wildman–Crippen LogP) is -0.108. The first-order valence-corrected chi connectivity index (χ1v) is 4.76. The Bertz CT molecular complexity index is 144. The van der Waals surface area contributed by atoms with Crippen molar-refractivity contribution in [2.24, 2.45) is 5.73 Å². The van der Waals surface area contributed by atoms with E-state index in [0.29, 0.717) is 6.61 Å². The van der Waals surface area contributed by atoms with Gasteiger partial charge in [-0.15, -0.1) is 0 Å². The highest BCUT2D eigenvalue weighted by molar-refractivity contribution is 4.73. The van der Waals surface area contributed by atoms with Crippen LogP contribution in [0.5, 0.6) is 0 Å². The quantitative estimate of drug-likeness (QED) is 0.633. The largest absolute Gasteiger partial charge is 0.386 e.